The molecule has 1 fully saturated rings. The Bertz CT molecular complexity index is 466. The van der Waals surface area contributed by atoms with Gasteiger partial charge in [0.1, 0.15) is 0 Å². The molecule has 19 heavy (non-hydrogen) atoms. The van der Waals surface area contributed by atoms with Gasteiger partial charge in [-0.25, -0.2) is 0 Å². The zero-order chi connectivity index (χ0) is 13.4. The fourth-order valence-electron chi connectivity index (χ4n) is 3.23. The lowest BCUT2D eigenvalue weighted by atomic mass is 9.86. The van der Waals surface area contributed by atoms with Crippen LogP contribution in [-0.4, -0.2) is 30.4 Å². The number of carbonyl (C=O) groups excluding carboxylic acids is 1. The largest absolute Gasteiger partial charge is 0.335 e. The van der Waals surface area contributed by atoms with E-state index < -0.39 is 0 Å². The fraction of sp³-hybridized carbons (Fsp3) is 0.667. The minimum Gasteiger partial charge on any atom is -0.335 e. The van der Waals surface area contributed by atoms with Crippen LogP contribution in [0.5, 0.6) is 0 Å². The van der Waals surface area contributed by atoms with E-state index in [2.05, 4.69) is 35.5 Å². The molecule has 4 heteroatoms. The predicted octanol–water partition coefficient (Wildman–Crippen LogP) is 2.44. The molecule has 0 aromatic carbocycles. The first-order valence-corrected chi connectivity index (χ1v) is 8.17. The van der Waals surface area contributed by atoms with E-state index in [1.807, 2.05) is 11.3 Å². The number of nitrogens with zero attached hydrogens (tertiary/aromatic N) is 1. The van der Waals surface area contributed by atoms with Crippen molar-refractivity contribution < 1.29 is 4.79 Å². The molecule has 1 saturated heterocycles. The highest BCUT2D eigenvalue weighted by Crippen LogP contribution is 2.36. The van der Waals surface area contributed by atoms with Crippen molar-refractivity contribution in [2.75, 3.05) is 19.6 Å². The van der Waals surface area contributed by atoms with E-state index in [9.17, 15) is 4.79 Å². The molecule has 2 aliphatic heterocycles. The number of amides is 1. The van der Waals surface area contributed by atoms with Gasteiger partial charge in [0, 0.05) is 17.3 Å². The van der Waals surface area contributed by atoms with Gasteiger partial charge >= 0.3 is 0 Å². The number of fused-ring (bicyclic) bond motifs is 1. The Kier molecular flexibility index (Phi) is 3.63. The molecule has 3 heterocycles. The molecule has 0 saturated carbocycles. The molecule has 104 valence electrons. The molecule has 1 aromatic rings. The molecule has 2 aliphatic rings. The quantitative estimate of drug-likeness (QED) is 0.921. The van der Waals surface area contributed by atoms with Gasteiger partial charge in [-0.2, -0.15) is 0 Å². The highest BCUT2D eigenvalue weighted by atomic mass is 32.1. The van der Waals surface area contributed by atoms with E-state index in [0.29, 0.717) is 17.9 Å². The topological polar surface area (TPSA) is 32.3 Å². The van der Waals surface area contributed by atoms with Crippen molar-refractivity contribution in [3.05, 3.63) is 21.9 Å². The maximum atomic E-state index is 12.7. The first-order valence-electron chi connectivity index (χ1n) is 7.29. The van der Waals surface area contributed by atoms with E-state index in [4.69, 9.17) is 0 Å². The lowest BCUT2D eigenvalue weighted by Gasteiger charge is -2.40. The van der Waals surface area contributed by atoms with Gasteiger partial charge in [-0.15, -0.1) is 11.3 Å². The molecule has 3 rings (SSSR count). The molecule has 0 bridgehead atoms. The van der Waals surface area contributed by atoms with Crippen LogP contribution in [0.2, 0.25) is 0 Å². The third kappa shape index (κ3) is 2.21. The van der Waals surface area contributed by atoms with Crippen LogP contribution >= 0.6 is 11.3 Å². The number of thiophene rings is 1. The average molecular weight is 278 g/mol. The third-order valence-corrected chi connectivity index (χ3v) is 5.67. The van der Waals surface area contributed by atoms with Gasteiger partial charge in [-0.05, 0) is 48.9 Å². The van der Waals surface area contributed by atoms with E-state index in [1.165, 1.54) is 10.4 Å². The Morgan fingerprint density at radius 2 is 2.37 bits per heavy atom. The van der Waals surface area contributed by atoms with E-state index in [-0.39, 0.29) is 5.92 Å². The summed E-state index contributed by atoms with van der Waals surface area (Å²) in [6.07, 6.45) is 2.05. The molecule has 1 aromatic heterocycles. The standard InChI is InChI=1S/C15H22N2OS/c1-3-13-12-5-7-19-14(12)4-6-17(13)15(18)10(2)11-8-16-9-11/h5,7,10-11,13,16H,3-4,6,8-9H2,1-2H3. The summed E-state index contributed by atoms with van der Waals surface area (Å²) in [5.74, 6) is 1.06. The van der Waals surface area contributed by atoms with Crippen LogP contribution in [0.1, 0.15) is 36.8 Å². The average Bonchev–Trinajstić information content (AvgIpc) is 2.82. The summed E-state index contributed by atoms with van der Waals surface area (Å²) in [4.78, 5) is 16.4. The second-order valence-electron chi connectivity index (χ2n) is 5.71. The van der Waals surface area contributed by atoms with Crippen LogP contribution in [0.4, 0.5) is 0 Å². The van der Waals surface area contributed by atoms with Gasteiger partial charge in [0.2, 0.25) is 5.91 Å². The second-order valence-corrected chi connectivity index (χ2v) is 6.71. The summed E-state index contributed by atoms with van der Waals surface area (Å²) in [5, 5.41) is 5.43. The van der Waals surface area contributed by atoms with Crippen LogP contribution in [0.15, 0.2) is 11.4 Å². The van der Waals surface area contributed by atoms with Crippen molar-refractivity contribution in [2.45, 2.75) is 32.7 Å². The van der Waals surface area contributed by atoms with Gasteiger partial charge in [0.05, 0.1) is 6.04 Å². The van der Waals surface area contributed by atoms with Crippen molar-refractivity contribution in [1.82, 2.24) is 10.2 Å². The molecule has 3 nitrogen and oxygen atoms in total. The van der Waals surface area contributed by atoms with Gasteiger partial charge in [0.25, 0.3) is 0 Å². The van der Waals surface area contributed by atoms with Gasteiger partial charge < -0.3 is 10.2 Å². The van der Waals surface area contributed by atoms with E-state index in [0.717, 1.165) is 32.5 Å². The summed E-state index contributed by atoms with van der Waals surface area (Å²) in [5.41, 5.74) is 1.39. The summed E-state index contributed by atoms with van der Waals surface area (Å²) in [6, 6.07) is 2.52. The van der Waals surface area contributed by atoms with Crippen molar-refractivity contribution in [3.8, 4) is 0 Å². The molecule has 2 unspecified atom stereocenters. The van der Waals surface area contributed by atoms with Crippen molar-refractivity contribution >= 4 is 17.2 Å². The smallest absolute Gasteiger partial charge is 0.226 e. The highest BCUT2D eigenvalue weighted by Gasteiger charge is 2.36. The molecule has 0 radical (unpaired) electrons. The van der Waals surface area contributed by atoms with Crippen LogP contribution in [0.25, 0.3) is 0 Å². The van der Waals surface area contributed by atoms with Gasteiger partial charge in [-0.1, -0.05) is 13.8 Å². The van der Waals surface area contributed by atoms with Crippen molar-refractivity contribution in [1.29, 1.82) is 0 Å². The number of hydrogen-bond donors (Lipinski definition) is 1. The van der Waals surface area contributed by atoms with Crippen LogP contribution in [0, 0.1) is 11.8 Å². The molecule has 1 N–H and O–H groups in total. The maximum Gasteiger partial charge on any atom is 0.226 e. The lowest BCUT2D eigenvalue weighted by molar-refractivity contribution is -0.140. The second kappa shape index (κ2) is 5.25. The molecule has 2 atom stereocenters. The van der Waals surface area contributed by atoms with E-state index >= 15 is 0 Å². The maximum absolute atomic E-state index is 12.7. The van der Waals surface area contributed by atoms with Crippen molar-refractivity contribution in [3.63, 3.8) is 0 Å². The van der Waals surface area contributed by atoms with E-state index in [1.54, 1.807) is 0 Å². The Labute approximate surface area is 119 Å². The Morgan fingerprint density at radius 3 is 3.00 bits per heavy atom. The summed E-state index contributed by atoms with van der Waals surface area (Å²) < 4.78 is 0. The zero-order valence-electron chi connectivity index (χ0n) is 11.7. The van der Waals surface area contributed by atoms with Crippen molar-refractivity contribution in [2.24, 2.45) is 11.8 Å². The first-order chi connectivity index (χ1) is 9.22. The first kappa shape index (κ1) is 13.1. The monoisotopic (exact) mass is 278 g/mol. The molecule has 0 spiro atoms. The Morgan fingerprint density at radius 1 is 1.58 bits per heavy atom. The number of hydrogen-bond acceptors (Lipinski definition) is 3. The third-order valence-electron chi connectivity index (χ3n) is 4.67. The Hall–Kier alpha value is -0.870. The minimum atomic E-state index is 0.162. The van der Waals surface area contributed by atoms with Crippen LogP contribution in [0.3, 0.4) is 0 Å². The normalized spacial score (nSPS) is 24.7. The number of carbonyl (C=O) groups is 1. The zero-order valence-corrected chi connectivity index (χ0v) is 12.5. The lowest BCUT2D eigenvalue weighted by Crippen LogP contribution is -2.51. The molecular formula is C15H22N2OS. The molecular weight excluding hydrogens is 256 g/mol. The predicted molar refractivity (Wildman–Crippen MR) is 78.3 cm³/mol. The number of nitrogens with one attached hydrogen (secondary N) is 1. The summed E-state index contributed by atoms with van der Waals surface area (Å²) in [7, 11) is 0. The van der Waals surface area contributed by atoms with Gasteiger partial charge in [0.15, 0.2) is 0 Å². The SMILES string of the molecule is CCC1c2ccsc2CCN1C(=O)C(C)C1CNC1. The Balaban J connectivity index is 1.78. The number of rotatable bonds is 3. The summed E-state index contributed by atoms with van der Waals surface area (Å²) >= 11 is 1.84. The summed E-state index contributed by atoms with van der Waals surface area (Å²) in [6.45, 7) is 7.19. The van der Waals surface area contributed by atoms with Crippen LogP contribution < -0.4 is 5.32 Å². The van der Waals surface area contributed by atoms with Crippen LogP contribution in [-0.2, 0) is 11.2 Å². The molecule has 0 aliphatic carbocycles. The highest BCUT2D eigenvalue weighted by molar-refractivity contribution is 7.10. The molecule has 1 amide bonds. The fourth-order valence-corrected chi connectivity index (χ4v) is 4.16. The minimum absolute atomic E-state index is 0.162. The van der Waals surface area contributed by atoms with Gasteiger partial charge in [-0.3, -0.25) is 4.79 Å².